The zero-order valence-corrected chi connectivity index (χ0v) is 12.8. The van der Waals surface area contributed by atoms with Crippen molar-refractivity contribution in [1.29, 1.82) is 0 Å². The Balaban J connectivity index is 2.19. The van der Waals surface area contributed by atoms with Gasteiger partial charge in [-0.25, -0.2) is 0 Å². The average Bonchev–Trinajstić information content (AvgIpc) is 2.35. The third kappa shape index (κ3) is 2.69. The molecule has 1 fully saturated rings. The van der Waals surface area contributed by atoms with Crippen LogP contribution in [0.5, 0.6) is 0 Å². The Morgan fingerprint density at radius 3 is 2.89 bits per heavy atom. The summed E-state index contributed by atoms with van der Waals surface area (Å²) in [6.45, 7) is 5.22. The first-order valence-electron chi connectivity index (χ1n) is 6.23. The third-order valence-electron chi connectivity index (χ3n) is 3.63. The van der Waals surface area contributed by atoms with E-state index in [9.17, 15) is 9.90 Å². The van der Waals surface area contributed by atoms with Gasteiger partial charge in [0.15, 0.2) is 0 Å². The fourth-order valence-electron chi connectivity index (χ4n) is 2.22. The fraction of sp³-hybridized carbons (Fsp3) is 0.500. The number of aryl methyl sites for hydroxylation is 1. The molecule has 2 atom stereocenters. The molecular weight excluding hydrogens is 341 g/mol. The summed E-state index contributed by atoms with van der Waals surface area (Å²) in [6.07, 6.45) is 0.472. The van der Waals surface area contributed by atoms with E-state index in [1.54, 1.807) is 4.90 Å². The van der Waals surface area contributed by atoms with Crippen molar-refractivity contribution in [3.63, 3.8) is 0 Å². The zero-order chi connectivity index (χ0) is 13.3. The maximum absolute atomic E-state index is 12.4. The van der Waals surface area contributed by atoms with Gasteiger partial charge in [-0.1, -0.05) is 19.1 Å². The average molecular weight is 359 g/mol. The van der Waals surface area contributed by atoms with Gasteiger partial charge in [0.2, 0.25) is 0 Å². The third-order valence-corrected chi connectivity index (χ3v) is 5.06. The number of likely N-dealkylation sites (tertiary alicyclic amines) is 1. The largest absolute Gasteiger partial charge is 0.391 e. The van der Waals surface area contributed by atoms with Crippen LogP contribution in [0, 0.1) is 16.4 Å². The highest BCUT2D eigenvalue weighted by atomic mass is 127. The molecule has 0 aromatic heterocycles. The van der Waals surface area contributed by atoms with Gasteiger partial charge in [-0.3, -0.25) is 4.79 Å². The summed E-state index contributed by atoms with van der Waals surface area (Å²) < 4.78 is 1.01. The van der Waals surface area contributed by atoms with E-state index in [0.717, 1.165) is 27.7 Å². The van der Waals surface area contributed by atoms with Crippen molar-refractivity contribution in [3.8, 4) is 0 Å². The van der Waals surface area contributed by atoms with E-state index in [0.29, 0.717) is 6.54 Å². The highest BCUT2D eigenvalue weighted by Crippen LogP contribution is 2.22. The first-order chi connectivity index (χ1) is 8.50. The molecule has 0 saturated carbocycles. The topological polar surface area (TPSA) is 40.5 Å². The van der Waals surface area contributed by atoms with E-state index >= 15 is 0 Å². The standard InChI is InChI=1S/C14H18INO2/c1-9-6-7-16(8-12(9)17)14(18)11-5-3-4-10(2)13(11)15/h3-5,9,12,17H,6-8H2,1-2H3. The highest BCUT2D eigenvalue weighted by Gasteiger charge is 2.28. The Bertz CT molecular complexity index is 461. The van der Waals surface area contributed by atoms with Gasteiger partial charge in [0, 0.05) is 16.7 Å². The number of aliphatic hydroxyl groups is 1. The molecule has 1 aliphatic heterocycles. The van der Waals surface area contributed by atoms with E-state index < -0.39 is 6.10 Å². The molecule has 98 valence electrons. The van der Waals surface area contributed by atoms with Crippen LogP contribution in [0.1, 0.15) is 29.3 Å². The summed E-state index contributed by atoms with van der Waals surface area (Å²) >= 11 is 2.22. The molecule has 18 heavy (non-hydrogen) atoms. The number of hydrogen-bond acceptors (Lipinski definition) is 2. The summed E-state index contributed by atoms with van der Waals surface area (Å²) in [4.78, 5) is 14.2. The molecule has 4 heteroatoms. The minimum absolute atomic E-state index is 0.0362. The molecule has 0 aliphatic carbocycles. The normalized spacial score (nSPS) is 24.1. The molecule has 1 saturated heterocycles. The van der Waals surface area contributed by atoms with Crippen molar-refractivity contribution in [1.82, 2.24) is 4.90 Å². The number of halogens is 1. The maximum Gasteiger partial charge on any atom is 0.255 e. The molecule has 2 rings (SSSR count). The number of rotatable bonds is 1. The molecule has 1 aromatic rings. The number of benzene rings is 1. The molecule has 1 amide bonds. The maximum atomic E-state index is 12.4. The molecule has 1 aromatic carbocycles. The number of carbonyl (C=O) groups excluding carboxylic acids is 1. The van der Waals surface area contributed by atoms with E-state index in [-0.39, 0.29) is 11.8 Å². The molecule has 0 spiro atoms. The van der Waals surface area contributed by atoms with Crippen molar-refractivity contribution < 1.29 is 9.90 Å². The molecule has 1 aliphatic rings. The lowest BCUT2D eigenvalue weighted by Gasteiger charge is -2.34. The summed E-state index contributed by atoms with van der Waals surface area (Å²) in [5.74, 6) is 0.319. The summed E-state index contributed by atoms with van der Waals surface area (Å²) in [5.41, 5.74) is 1.87. The SMILES string of the molecule is Cc1cccc(C(=O)N2CCC(C)C(O)C2)c1I. The minimum atomic E-state index is -0.398. The second-order valence-electron chi connectivity index (χ2n) is 5.02. The fourth-order valence-corrected chi connectivity index (χ4v) is 2.81. The van der Waals surface area contributed by atoms with Crippen LogP contribution in [-0.2, 0) is 0 Å². The lowest BCUT2D eigenvalue weighted by Crippen LogP contribution is -2.46. The van der Waals surface area contributed by atoms with Crippen molar-refractivity contribution in [2.45, 2.75) is 26.4 Å². The lowest BCUT2D eigenvalue weighted by atomic mass is 9.95. The van der Waals surface area contributed by atoms with Gasteiger partial charge in [-0.15, -0.1) is 0 Å². The van der Waals surface area contributed by atoms with Crippen LogP contribution in [0.25, 0.3) is 0 Å². The van der Waals surface area contributed by atoms with Crippen LogP contribution in [0.15, 0.2) is 18.2 Å². The van der Waals surface area contributed by atoms with Crippen molar-refractivity contribution in [3.05, 3.63) is 32.9 Å². The highest BCUT2D eigenvalue weighted by molar-refractivity contribution is 14.1. The lowest BCUT2D eigenvalue weighted by molar-refractivity contribution is 0.0248. The summed E-state index contributed by atoms with van der Waals surface area (Å²) in [5, 5.41) is 9.87. The molecule has 3 nitrogen and oxygen atoms in total. The molecule has 2 unspecified atom stereocenters. The van der Waals surface area contributed by atoms with Crippen molar-refractivity contribution in [2.24, 2.45) is 5.92 Å². The number of β-amino-alcohol motifs (C(OH)–C–C–N with tert-alkyl or cyclic N) is 1. The number of nitrogens with zero attached hydrogens (tertiary/aromatic N) is 1. The minimum Gasteiger partial charge on any atom is -0.391 e. The number of piperidine rings is 1. The van der Waals surface area contributed by atoms with Gasteiger partial charge < -0.3 is 10.0 Å². The van der Waals surface area contributed by atoms with Gasteiger partial charge in [-0.05, 0) is 53.5 Å². The Labute approximate surface area is 121 Å². The quantitative estimate of drug-likeness (QED) is 0.783. The molecule has 1 heterocycles. The Morgan fingerprint density at radius 1 is 1.50 bits per heavy atom. The second kappa shape index (κ2) is 5.57. The van der Waals surface area contributed by atoms with Crippen LogP contribution < -0.4 is 0 Å². The monoisotopic (exact) mass is 359 g/mol. The van der Waals surface area contributed by atoms with E-state index in [1.807, 2.05) is 32.0 Å². The number of aliphatic hydroxyl groups excluding tert-OH is 1. The second-order valence-corrected chi connectivity index (χ2v) is 6.10. The first-order valence-corrected chi connectivity index (χ1v) is 7.31. The summed E-state index contributed by atoms with van der Waals surface area (Å²) in [7, 11) is 0. The summed E-state index contributed by atoms with van der Waals surface area (Å²) in [6, 6.07) is 5.78. The molecular formula is C14H18INO2. The Morgan fingerprint density at radius 2 is 2.22 bits per heavy atom. The molecule has 0 bridgehead atoms. The van der Waals surface area contributed by atoms with Crippen LogP contribution in [0.2, 0.25) is 0 Å². The van der Waals surface area contributed by atoms with Crippen LogP contribution >= 0.6 is 22.6 Å². The van der Waals surface area contributed by atoms with Gasteiger partial charge in [-0.2, -0.15) is 0 Å². The first kappa shape index (κ1) is 13.8. The van der Waals surface area contributed by atoms with Gasteiger partial charge in [0.05, 0.1) is 11.7 Å². The van der Waals surface area contributed by atoms with Crippen LogP contribution in [0.3, 0.4) is 0 Å². The van der Waals surface area contributed by atoms with Gasteiger partial charge >= 0.3 is 0 Å². The van der Waals surface area contributed by atoms with Crippen LogP contribution in [0.4, 0.5) is 0 Å². The predicted molar refractivity (Wildman–Crippen MR) is 79.6 cm³/mol. The van der Waals surface area contributed by atoms with Crippen molar-refractivity contribution >= 4 is 28.5 Å². The Kier molecular flexibility index (Phi) is 4.27. The molecule has 1 N–H and O–H groups in total. The number of hydrogen-bond donors (Lipinski definition) is 1. The number of carbonyl (C=O) groups is 1. The van der Waals surface area contributed by atoms with Crippen molar-refractivity contribution in [2.75, 3.05) is 13.1 Å². The number of amides is 1. The van der Waals surface area contributed by atoms with Gasteiger partial charge in [0.25, 0.3) is 5.91 Å². The van der Waals surface area contributed by atoms with Crippen LogP contribution in [-0.4, -0.2) is 35.1 Å². The van der Waals surface area contributed by atoms with E-state index in [4.69, 9.17) is 0 Å². The Hall–Kier alpha value is -0.620. The van der Waals surface area contributed by atoms with E-state index in [2.05, 4.69) is 22.6 Å². The smallest absolute Gasteiger partial charge is 0.255 e. The molecule has 0 radical (unpaired) electrons. The van der Waals surface area contributed by atoms with E-state index in [1.165, 1.54) is 0 Å². The predicted octanol–water partition coefficient (Wildman–Crippen LogP) is 2.44. The zero-order valence-electron chi connectivity index (χ0n) is 10.7. The van der Waals surface area contributed by atoms with Gasteiger partial charge in [0.1, 0.15) is 0 Å².